The lowest BCUT2D eigenvalue weighted by molar-refractivity contribution is 0.578. The van der Waals surface area contributed by atoms with E-state index in [9.17, 15) is 8.42 Å². The maximum Gasteiger partial charge on any atom is 0.211 e. The molecule has 0 atom stereocenters. The van der Waals surface area contributed by atoms with Gasteiger partial charge >= 0.3 is 0 Å². The third-order valence-corrected chi connectivity index (χ3v) is 3.86. The predicted octanol–water partition coefficient (Wildman–Crippen LogP) is 1.46. The van der Waals surface area contributed by atoms with Gasteiger partial charge in [-0.15, -0.1) is 11.6 Å². The van der Waals surface area contributed by atoms with Crippen molar-refractivity contribution in [2.45, 2.75) is 19.4 Å². The Morgan fingerprint density at radius 2 is 2.19 bits per heavy atom. The van der Waals surface area contributed by atoms with Gasteiger partial charge in [-0.05, 0) is 24.5 Å². The molecule has 1 aromatic heterocycles. The molecule has 0 bridgehead atoms. The molecule has 0 radical (unpaired) electrons. The Bertz CT molecular complexity index is 414. The second-order valence-corrected chi connectivity index (χ2v) is 6.03. The number of halogens is 1. The van der Waals surface area contributed by atoms with Crippen molar-refractivity contribution in [1.82, 2.24) is 9.29 Å². The van der Waals surface area contributed by atoms with E-state index >= 15 is 0 Å². The van der Waals surface area contributed by atoms with Gasteiger partial charge in [0.05, 0.1) is 5.75 Å². The van der Waals surface area contributed by atoms with E-state index in [1.165, 1.54) is 0 Å². The van der Waals surface area contributed by atoms with Gasteiger partial charge in [0.25, 0.3) is 0 Å². The highest BCUT2D eigenvalue weighted by molar-refractivity contribution is 7.89. The topological polar surface area (TPSA) is 51.1 Å². The predicted molar refractivity (Wildman–Crippen MR) is 66.0 cm³/mol. The van der Waals surface area contributed by atoms with Crippen LogP contribution in [0.1, 0.15) is 18.4 Å². The van der Waals surface area contributed by atoms with E-state index in [0.717, 1.165) is 12.0 Å². The molecule has 16 heavy (non-hydrogen) atoms. The highest BCUT2D eigenvalue weighted by Crippen LogP contribution is 2.01. The van der Waals surface area contributed by atoms with Crippen LogP contribution in [0.4, 0.5) is 0 Å². The highest BCUT2D eigenvalue weighted by Gasteiger charge is 2.09. The Hall–Kier alpha value is -0.520. The van der Waals surface area contributed by atoms with E-state index in [1.807, 2.05) is 30.1 Å². The quantitative estimate of drug-likeness (QED) is 0.599. The monoisotopic (exact) mass is 264 g/mol. The van der Waals surface area contributed by atoms with E-state index in [1.54, 1.807) is 0 Å². The van der Waals surface area contributed by atoms with Crippen LogP contribution in [0.25, 0.3) is 0 Å². The van der Waals surface area contributed by atoms with Gasteiger partial charge < -0.3 is 4.57 Å². The summed E-state index contributed by atoms with van der Waals surface area (Å²) >= 11 is 5.49. The third kappa shape index (κ3) is 5.01. The number of hydrogen-bond acceptors (Lipinski definition) is 2. The molecule has 0 spiro atoms. The third-order valence-electron chi connectivity index (χ3n) is 2.19. The maximum atomic E-state index is 11.5. The van der Waals surface area contributed by atoms with Crippen molar-refractivity contribution < 1.29 is 8.42 Å². The molecule has 0 unspecified atom stereocenters. The van der Waals surface area contributed by atoms with Crippen molar-refractivity contribution in [2.75, 3.05) is 11.6 Å². The van der Waals surface area contributed by atoms with E-state index in [-0.39, 0.29) is 5.75 Å². The molecule has 1 aromatic rings. The summed E-state index contributed by atoms with van der Waals surface area (Å²) in [5.74, 6) is 0.654. The summed E-state index contributed by atoms with van der Waals surface area (Å²) in [5.41, 5.74) is 0.961. The fraction of sp³-hybridized carbons (Fsp3) is 0.600. The van der Waals surface area contributed by atoms with Crippen LogP contribution in [-0.2, 0) is 23.6 Å². The molecule has 0 aliphatic heterocycles. The number of aromatic nitrogens is 1. The molecular formula is C10H17ClN2O2S. The molecule has 1 heterocycles. The smallest absolute Gasteiger partial charge is 0.211 e. The van der Waals surface area contributed by atoms with Gasteiger partial charge in [0.2, 0.25) is 10.0 Å². The fourth-order valence-electron chi connectivity index (χ4n) is 1.32. The molecule has 0 aromatic carbocycles. The molecule has 92 valence electrons. The van der Waals surface area contributed by atoms with E-state index < -0.39 is 10.0 Å². The number of sulfonamides is 1. The van der Waals surface area contributed by atoms with E-state index in [2.05, 4.69) is 4.72 Å². The fourth-order valence-corrected chi connectivity index (χ4v) is 2.62. The minimum absolute atomic E-state index is 0.145. The lowest BCUT2D eigenvalue weighted by Gasteiger charge is -2.04. The molecule has 0 aliphatic carbocycles. The number of rotatable bonds is 7. The first-order chi connectivity index (χ1) is 7.53. The zero-order valence-electron chi connectivity index (χ0n) is 9.32. The van der Waals surface area contributed by atoms with Gasteiger partial charge in [0.1, 0.15) is 0 Å². The van der Waals surface area contributed by atoms with Gasteiger partial charge in [-0.25, -0.2) is 13.1 Å². The zero-order valence-corrected chi connectivity index (χ0v) is 10.9. The minimum Gasteiger partial charge on any atom is -0.357 e. The average molecular weight is 265 g/mol. The molecule has 0 saturated heterocycles. The number of hydrogen-bond donors (Lipinski definition) is 1. The molecule has 1 N–H and O–H groups in total. The summed E-state index contributed by atoms with van der Waals surface area (Å²) in [6, 6.07) is 1.89. The molecule has 0 amide bonds. The van der Waals surface area contributed by atoms with Crippen LogP contribution in [0, 0.1) is 0 Å². The number of unbranched alkanes of at least 4 members (excludes halogenated alkanes) is 1. The largest absolute Gasteiger partial charge is 0.357 e. The molecule has 0 aliphatic rings. The first-order valence-electron chi connectivity index (χ1n) is 5.17. The second kappa shape index (κ2) is 6.27. The van der Waals surface area contributed by atoms with Crippen LogP contribution in [0.3, 0.4) is 0 Å². The highest BCUT2D eigenvalue weighted by atomic mass is 35.5. The standard InChI is InChI=1S/C10H17ClN2O2S/c1-13-6-4-10(9-13)8-12-16(14,15)7-3-2-5-11/h4,6,9,12H,2-3,5,7-8H2,1H3. The van der Waals surface area contributed by atoms with Gasteiger partial charge in [0, 0.05) is 31.9 Å². The summed E-state index contributed by atoms with van der Waals surface area (Å²) in [5, 5.41) is 0. The van der Waals surface area contributed by atoms with Crippen molar-refractivity contribution in [2.24, 2.45) is 7.05 Å². The van der Waals surface area contributed by atoms with Crippen molar-refractivity contribution in [3.63, 3.8) is 0 Å². The average Bonchev–Trinajstić information content (AvgIpc) is 2.62. The lowest BCUT2D eigenvalue weighted by Crippen LogP contribution is -2.25. The number of nitrogens with zero attached hydrogens (tertiary/aromatic N) is 1. The normalized spacial score (nSPS) is 11.9. The van der Waals surface area contributed by atoms with Crippen LogP contribution in [0.2, 0.25) is 0 Å². The van der Waals surface area contributed by atoms with E-state index in [0.29, 0.717) is 18.8 Å². The molecule has 0 fully saturated rings. The van der Waals surface area contributed by atoms with Crippen molar-refractivity contribution in [3.05, 3.63) is 24.0 Å². The first kappa shape index (κ1) is 13.5. The van der Waals surface area contributed by atoms with Gasteiger partial charge in [-0.2, -0.15) is 0 Å². The number of nitrogens with one attached hydrogen (secondary N) is 1. The van der Waals surface area contributed by atoms with Crippen molar-refractivity contribution >= 4 is 21.6 Å². The van der Waals surface area contributed by atoms with Crippen LogP contribution in [-0.4, -0.2) is 24.6 Å². The SMILES string of the molecule is Cn1ccc(CNS(=O)(=O)CCCCCl)c1. The molecule has 1 rings (SSSR count). The Labute approximate surface area is 102 Å². The summed E-state index contributed by atoms with van der Waals surface area (Å²) in [7, 11) is -1.26. The lowest BCUT2D eigenvalue weighted by atomic mass is 10.4. The molecule has 0 saturated carbocycles. The Kier molecular flexibility index (Phi) is 5.31. The summed E-state index contributed by atoms with van der Waals surface area (Å²) < 4.78 is 27.5. The minimum atomic E-state index is -3.16. The van der Waals surface area contributed by atoms with Crippen molar-refractivity contribution in [3.8, 4) is 0 Å². The van der Waals surface area contributed by atoms with Gasteiger partial charge in [-0.1, -0.05) is 0 Å². The Balaban J connectivity index is 2.36. The van der Waals surface area contributed by atoms with Crippen LogP contribution < -0.4 is 4.72 Å². The Morgan fingerprint density at radius 1 is 1.44 bits per heavy atom. The molecule has 6 heteroatoms. The number of alkyl halides is 1. The zero-order chi connectivity index (χ0) is 12.0. The summed E-state index contributed by atoms with van der Waals surface area (Å²) in [6.45, 7) is 0.351. The maximum absolute atomic E-state index is 11.5. The number of aryl methyl sites for hydroxylation is 1. The van der Waals surface area contributed by atoms with Crippen LogP contribution in [0.5, 0.6) is 0 Å². The van der Waals surface area contributed by atoms with Crippen LogP contribution >= 0.6 is 11.6 Å². The Morgan fingerprint density at radius 3 is 2.75 bits per heavy atom. The van der Waals surface area contributed by atoms with Gasteiger partial charge in [0.15, 0.2) is 0 Å². The van der Waals surface area contributed by atoms with Crippen LogP contribution in [0.15, 0.2) is 18.5 Å². The van der Waals surface area contributed by atoms with E-state index in [4.69, 9.17) is 11.6 Å². The van der Waals surface area contributed by atoms with Crippen molar-refractivity contribution in [1.29, 1.82) is 0 Å². The molecule has 4 nitrogen and oxygen atoms in total. The van der Waals surface area contributed by atoms with Gasteiger partial charge in [-0.3, -0.25) is 0 Å². The second-order valence-electron chi connectivity index (χ2n) is 3.72. The summed E-state index contributed by atoms with van der Waals surface area (Å²) in [6.07, 6.45) is 5.11. The first-order valence-corrected chi connectivity index (χ1v) is 7.36. The summed E-state index contributed by atoms with van der Waals surface area (Å²) in [4.78, 5) is 0. The molecular weight excluding hydrogens is 248 g/mol.